The van der Waals surface area contributed by atoms with Crippen LogP contribution in [0.3, 0.4) is 0 Å². The number of carboxylic acids is 1. The fourth-order valence-corrected chi connectivity index (χ4v) is 1.72. The lowest BCUT2D eigenvalue weighted by atomic mass is 10.1. The molecule has 0 atom stereocenters. The first kappa shape index (κ1) is 22.1. The molecule has 0 aliphatic rings. The average molecular weight is 372 g/mol. The van der Waals surface area contributed by atoms with Crippen LogP contribution in [-0.2, 0) is 0 Å². The number of aromatic hydroxyl groups is 6. The molecule has 2 aromatic rings. The Morgan fingerprint density at radius 2 is 1.04 bits per heavy atom. The van der Waals surface area contributed by atoms with Crippen LogP contribution in [0.1, 0.15) is 20.7 Å². The summed E-state index contributed by atoms with van der Waals surface area (Å²) in [6, 6.07) is 3.51. The first-order valence-electron chi connectivity index (χ1n) is 6.32. The number of phenolic OH excluding ortho intramolecular Hbond substituents is 4. The molecule has 0 aromatic heterocycles. The molecule has 12 N–H and O–H groups in total. The predicted octanol–water partition coefficient (Wildman–Crippen LogP) is -0.916. The van der Waals surface area contributed by atoms with Crippen molar-refractivity contribution in [3.05, 3.63) is 35.4 Å². The van der Waals surface area contributed by atoms with Crippen molar-refractivity contribution in [2.75, 3.05) is 0 Å². The Kier molecular flexibility index (Phi) is 7.49. The number of hydrogen-bond acceptors (Lipinski definition) is 9. The summed E-state index contributed by atoms with van der Waals surface area (Å²) in [7, 11) is 0. The first-order chi connectivity index (χ1) is 11.6. The van der Waals surface area contributed by atoms with Gasteiger partial charge in [-0.25, -0.2) is 10.6 Å². The van der Waals surface area contributed by atoms with Crippen LogP contribution >= 0.6 is 0 Å². The van der Waals surface area contributed by atoms with E-state index in [1.807, 2.05) is 0 Å². The van der Waals surface area contributed by atoms with Crippen molar-refractivity contribution in [1.29, 1.82) is 0 Å². The maximum Gasteiger partial charge on any atom is 0.343 e. The standard InChI is InChI=1S/C7H8N2O4.C7H6O5.H2O/c8-9-7(13)6-4(11)1-3(10)2-5(6)12;8-3-1-4(9)6(7(11)12)5(10)2-3;/h1-2,10-12H,8H2,(H,9,13);1-2,8-10H,(H,11,12);1H2. The maximum absolute atomic E-state index is 10.9. The van der Waals surface area contributed by atoms with E-state index >= 15 is 0 Å². The number of rotatable bonds is 2. The monoisotopic (exact) mass is 372 g/mol. The van der Waals surface area contributed by atoms with E-state index < -0.39 is 46.2 Å². The highest BCUT2D eigenvalue weighted by Crippen LogP contribution is 2.32. The number of hydrazine groups is 1. The first-order valence-corrected chi connectivity index (χ1v) is 6.32. The van der Waals surface area contributed by atoms with Crippen molar-refractivity contribution in [3.63, 3.8) is 0 Å². The summed E-state index contributed by atoms with van der Waals surface area (Å²) < 4.78 is 0. The van der Waals surface area contributed by atoms with Gasteiger partial charge < -0.3 is 41.2 Å². The van der Waals surface area contributed by atoms with E-state index in [9.17, 15) is 9.59 Å². The minimum Gasteiger partial charge on any atom is -0.508 e. The second kappa shape index (κ2) is 8.81. The van der Waals surface area contributed by atoms with Gasteiger partial charge in [0, 0.05) is 24.3 Å². The van der Waals surface area contributed by atoms with Crippen LogP contribution in [0.2, 0.25) is 0 Å². The minimum absolute atomic E-state index is 0. The third-order valence-corrected chi connectivity index (χ3v) is 2.73. The van der Waals surface area contributed by atoms with E-state index in [2.05, 4.69) is 0 Å². The molecule has 0 saturated carbocycles. The Hall–Kier alpha value is -3.90. The van der Waals surface area contributed by atoms with E-state index in [1.165, 1.54) is 0 Å². The third-order valence-electron chi connectivity index (χ3n) is 2.73. The van der Waals surface area contributed by atoms with E-state index in [0.717, 1.165) is 24.3 Å². The third kappa shape index (κ3) is 5.05. The number of nitrogen functional groups attached to an aromatic ring is 1. The molecule has 12 nitrogen and oxygen atoms in total. The number of carbonyl (C=O) groups excluding carboxylic acids is 1. The molecule has 0 spiro atoms. The van der Waals surface area contributed by atoms with Crippen LogP contribution in [0, 0.1) is 0 Å². The Balaban J connectivity index is 0.000000464. The number of amides is 1. The number of nitrogens with one attached hydrogen (secondary N) is 1. The SMILES string of the molecule is NNC(=O)c1c(O)cc(O)cc1O.O.O=C(O)c1c(O)cc(O)cc1O. The average Bonchev–Trinajstić information content (AvgIpc) is 2.44. The van der Waals surface area contributed by atoms with Gasteiger partial charge in [0.05, 0.1) is 0 Å². The smallest absolute Gasteiger partial charge is 0.343 e. The predicted molar refractivity (Wildman–Crippen MR) is 85.1 cm³/mol. The molecule has 12 heteroatoms. The Morgan fingerprint density at radius 1 is 0.731 bits per heavy atom. The van der Waals surface area contributed by atoms with Crippen LogP contribution in [-0.4, -0.2) is 53.1 Å². The van der Waals surface area contributed by atoms with Crippen molar-refractivity contribution in [2.24, 2.45) is 5.84 Å². The van der Waals surface area contributed by atoms with Gasteiger partial charge in [0.1, 0.15) is 45.6 Å². The van der Waals surface area contributed by atoms with Crippen molar-refractivity contribution < 1.29 is 50.8 Å². The maximum atomic E-state index is 10.9. The van der Waals surface area contributed by atoms with Gasteiger partial charge in [-0.1, -0.05) is 0 Å². The molecule has 26 heavy (non-hydrogen) atoms. The number of carboxylic acid groups (broad SMARTS) is 1. The molecule has 1 amide bonds. The summed E-state index contributed by atoms with van der Waals surface area (Å²) in [6.07, 6.45) is 0. The van der Waals surface area contributed by atoms with E-state index in [-0.39, 0.29) is 16.8 Å². The van der Waals surface area contributed by atoms with Gasteiger partial charge in [-0.3, -0.25) is 10.2 Å². The topological polar surface area (TPSA) is 245 Å². The summed E-state index contributed by atoms with van der Waals surface area (Å²) in [5.41, 5.74) is 0.749. The fourth-order valence-electron chi connectivity index (χ4n) is 1.72. The number of hydrogen-bond donors (Lipinski definition) is 9. The summed E-state index contributed by atoms with van der Waals surface area (Å²) in [5.74, 6) is -0.649. The number of phenols is 6. The molecule has 0 bridgehead atoms. The van der Waals surface area contributed by atoms with Crippen LogP contribution in [0.25, 0.3) is 0 Å². The second-order valence-corrected chi connectivity index (χ2v) is 4.50. The molecule has 2 aromatic carbocycles. The number of aromatic carboxylic acids is 1. The zero-order chi connectivity index (χ0) is 19.3. The van der Waals surface area contributed by atoms with Gasteiger partial charge in [0.2, 0.25) is 0 Å². The molecule has 2 rings (SSSR count). The zero-order valence-electron chi connectivity index (χ0n) is 12.8. The van der Waals surface area contributed by atoms with Crippen molar-refractivity contribution >= 4 is 11.9 Å². The van der Waals surface area contributed by atoms with Crippen LogP contribution in [0.15, 0.2) is 24.3 Å². The lowest BCUT2D eigenvalue weighted by Crippen LogP contribution is -2.30. The van der Waals surface area contributed by atoms with E-state index in [1.54, 1.807) is 5.43 Å². The number of carbonyl (C=O) groups is 2. The van der Waals surface area contributed by atoms with Gasteiger partial charge in [0.25, 0.3) is 5.91 Å². The largest absolute Gasteiger partial charge is 0.508 e. The Morgan fingerprint density at radius 3 is 1.31 bits per heavy atom. The van der Waals surface area contributed by atoms with Gasteiger partial charge in [-0.15, -0.1) is 0 Å². The van der Waals surface area contributed by atoms with Gasteiger partial charge in [0.15, 0.2) is 0 Å². The van der Waals surface area contributed by atoms with Gasteiger partial charge >= 0.3 is 5.97 Å². The number of nitrogens with two attached hydrogens (primary N) is 1. The number of benzene rings is 2. The molecule has 0 aliphatic carbocycles. The highest BCUT2D eigenvalue weighted by molar-refractivity contribution is 5.99. The van der Waals surface area contributed by atoms with Crippen molar-refractivity contribution in [3.8, 4) is 34.5 Å². The molecule has 0 radical (unpaired) electrons. The molecule has 0 aliphatic heterocycles. The molecule has 0 fully saturated rings. The molecular formula is C14H16N2O10. The summed E-state index contributed by atoms with van der Waals surface area (Å²) in [6.45, 7) is 0. The highest BCUT2D eigenvalue weighted by Gasteiger charge is 2.17. The van der Waals surface area contributed by atoms with Crippen molar-refractivity contribution in [2.45, 2.75) is 0 Å². The molecular weight excluding hydrogens is 356 g/mol. The van der Waals surface area contributed by atoms with Gasteiger partial charge in [-0.2, -0.15) is 0 Å². The van der Waals surface area contributed by atoms with Crippen LogP contribution in [0.5, 0.6) is 34.5 Å². The second-order valence-electron chi connectivity index (χ2n) is 4.50. The van der Waals surface area contributed by atoms with E-state index in [0.29, 0.717) is 0 Å². The lowest BCUT2D eigenvalue weighted by molar-refractivity contribution is 0.0690. The minimum atomic E-state index is -1.45. The van der Waals surface area contributed by atoms with Gasteiger partial charge in [-0.05, 0) is 0 Å². The summed E-state index contributed by atoms with van der Waals surface area (Å²) in [5, 5.41) is 62.3. The fraction of sp³-hybridized carbons (Fsp3) is 0. The van der Waals surface area contributed by atoms with Crippen LogP contribution in [0.4, 0.5) is 0 Å². The summed E-state index contributed by atoms with van der Waals surface area (Å²) >= 11 is 0. The molecule has 0 unspecified atom stereocenters. The van der Waals surface area contributed by atoms with Crippen LogP contribution < -0.4 is 11.3 Å². The molecule has 0 saturated heterocycles. The Labute approximate surface area is 144 Å². The zero-order valence-corrected chi connectivity index (χ0v) is 12.8. The molecule has 0 heterocycles. The normalized spacial score (nSPS) is 9.27. The Bertz CT molecular complexity index is 775. The molecule has 142 valence electrons. The highest BCUT2D eigenvalue weighted by atomic mass is 16.4. The summed E-state index contributed by atoms with van der Waals surface area (Å²) in [4.78, 5) is 21.3. The quantitative estimate of drug-likeness (QED) is 0.178. The van der Waals surface area contributed by atoms with Crippen molar-refractivity contribution in [1.82, 2.24) is 5.43 Å². The lowest BCUT2D eigenvalue weighted by Gasteiger charge is -2.05. The van der Waals surface area contributed by atoms with E-state index in [4.69, 9.17) is 41.6 Å².